The third-order valence-corrected chi connectivity index (χ3v) is 3.08. The van der Waals surface area contributed by atoms with Crippen molar-refractivity contribution in [2.75, 3.05) is 13.2 Å². The molecule has 0 unspecified atom stereocenters. The average Bonchev–Trinajstić information content (AvgIpc) is 2.04. The number of hydrogen-bond donors (Lipinski definition) is 0. The molecule has 0 heterocycles. The van der Waals surface area contributed by atoms with Crippen LogP contribution >= 0.6 is 7.60 Å². The lowest BCUT2D eigenvalue weighted by Gasteiger charge is -2.14. The highest BCUT2D eigenvalue weighted by atomic mass is 31.2. The van der Waals surface area contributed by atoms with Gasteiger partial charge in [-0.2, -0.15) is 4.39 Å². The summed E-state index contributed by atoms with van der Waals surface area (Å²) >= 11 is 0. The van der Waals surface area contributed by atoms with Crippen LogP contribution in [0.4, 0.5) is 4.39 Å². The van der Waals surface area contributed by atoms with E-state index in [1.807, 2.05) is 0 Å². The first-order valence-corrected chi connectivity index (χ1v) is 5.36. The molecule has 0 aliphatic heterocycles. The van der Waals surface area contributed by atoms with E-state index in [2.05, 4.69) is 0 Å². The van der Waals surface area contributed by atoms with Gasteiger partial charge in [-0.3, -0.25) is 4.57 Å². The van der Waals surface area contributed by atoms with Gasteiger partial charge in [-0.05, 0) is 26.8 Å². The van der Waals surface area contributed by atoms with E-state index in [1.165, 1.54) is 6.92 Å². The first-order chi connectivity index (χ1) is 5.60. The lowest BCUT2D eigenvalue weighted by Crippen LogP contribution is -1.95. The largest absolute Gasteiger partial charge is 0.389 e. The summed E-state index contributed by atoms with van der Waals surface area (Å²) in [5.41, 5.74) is -0.828. The molecule has 0 spiro atoms. The highest BCUT2D eigenvalue weighted by Crippen LogP contribution is 2.56. The number of allylic oxidation sites excluding steroid dienone is 1. The van der Waals surface area contributed by atoms with Gasteiger partial charge in [0.1, 0.15) is 0 Å². The van der Waals surface area contributed by atoms with Crippen LogP contribution in [0, 0.1) is 0 Å². The number of hydrogen-bond acceptors (Lipinski definition) is 3. The summed E-state index contributed by atoms with van der Waals surface area (Å²) < 4.78 is 33.8. The van der Waals surface area contributed by atoms with Gasteiger partial charge >= 0.3 is 7.60 Å². The van der Waals surface area contributed by atoms with Gasteiger partial charge in [-0.25, -0.2) is 0 Å². The molecule has 0 rings (SSSR count). The van der Waals surface area contributed by atoms with E-state index in [9.17, 15) is 8.96 Å². The van der Waals surface area contributed by atoms with Crippen molar-refractivity contribution < 1.29 is 18.0 Å². The molecule has 0 saturated carbocycles. The van der Waals surface area contributed by atoms with Gasteiger partial charge in [0, 0.05) is 0 Å². The van der Waals surface area contributed by atoms with Crippen LogP contribution in [0.5, 0.6) is 0 Å². The second kappa shape index (κ2) is 5.46. The Balaban J connectivity index is 4.50. The summed E-state index contributed by atoms with van der Waals surface area (Å²) in [4.78, 5) is 0. The molecule has 0 bridgehead atoms. The van der Waals surface area contributed by atoms with Crippen LogP contribution in [0.15, 0.2) is 11.6 Å². The number of rotatable bonds is 5. The van der Waals surface area contributed by atoms with Crippen molar-refractivity contribution in [3.05, 3.63) is 11.6 Å². The summed E-state index contributed by atoms with van der Waals surface area (Å²) in [5, 5.41) is 0. The molecule has 0 radical (unpaired) electrons. The maximum Gasteiger partial charge on any atom is 0.389 e. The van der Waals surface area contributed by atoms with Gasteiger partial charge < -0.3 is 9.05 Å². The smallest absolute Gasteiger partial charge is 0.304 e. The highest BCUT2D eigenvalue weighted by molar-refractivity contribution is 7.58. The Labute approximate surface area is 72.1 Å². The molecule has 0 amide bonds. The quantitative estimate of drug-likeness (QED) is 0.634. The van der Waals surface area contributed by atoms with E-state index in [0.717, 1.165) is 6.08 Å². The molecule has 0 saturated heterocycles. The van der Waals surface area contributed by atoms with Crippen molar-refractivity contribution in [2.24, 2.45) is 0 Å². The van der Waals surface area contributed by atoms with Crippen molar-refractivity contribution in [1.29, 1.82) is 0 Å². The second-order valence-electron chi connectivity index (χ2n) is 1.94. The van der Waals surface area contributed by atoms with E-state index in [0.29, 0.717) is 0 Å². The van der Waals surface area contributed by atoms with Crippen molar-refractivity contribution in [3.8, 4) is 0 Å². The number of halogens is 1. The average molecular weight is 196 g/mol. The fourth-order valence-electron chi connectivity index (χ4n) is 0.659. The third kappa shape index (κ3) is 3.05. The molecule has 0 aromatic rings. The zero-order valence-electron chi connectivity index (χ0n) is 7.54. The van der Waals surface area contributed by atoms with Gasteiger partial charge in [-0.15, -0.1) is 0 Å². The molecule has 0 aromatic carbocycles. The Morgan fingerprint density at radius 1 is 1.42 bits per heavy atom. The zero-order valence-corrected chi connectivity index (χ0v) is 8.44. The van der Waals surface area contributed by atoms with Crippen LogP contribution in [0.1, 0.15) is 20.8 Å². The third-order valence-electron chi connectivity index (χ3n) is 1.10. The highest BCUT2D eigenvalue weighted by Gasteiger charge is 2.29. The maximum absolute atomic E-state index is 12.9. The zero-order chi connectivity index (χ0) is 9.61. The fourth-order valence-corrected chi connectivity index (χ4v) is 1.98. The van der Waals surface area contributed by atoms with E-state index in [4.69, 9.17) is 9.05 Å². The van der Waals surface area contributed by atoms with E-state index < -0.39 is 13.2 Å². The van der Waals surface area contributed by atoms with Gasteiger partial charge in [-0.1, -0.05) is 0 Å². The molecule has 12 heavy (non-hydrogen) atoms. The molecule has 0 aliphatic rings. The van der Waals surface area contributed by atoms with E-state index in [1.54, 1.807) is 13.8 Å². The molecule has 72 valence electrons. The molecule has 0 aliphatic carbocycles. The summed E-state index contributed by atoms with van der Waals surface area (Å²) in [6, 6.07) is 0. The molecular weight excluding hydrogens is 182 g/mol. The van der Waals surface area contributed by atoms with Crippen molar-refractivity contribution in [1.82, 2.24) is 0 Å². The molecule has 0 atom stereocenters. The van der Waals surface area contributed by atoms with E-state index >= 15 is 0 Å². The van der Waals surface area contributed by atoms with Crippen LogP contribution in [-0.4, -0.2) is 13.2 Å². The normalized spacial score (nSPS) is 13.5. The molecule has 3 nitrogen and oxygen atoms in total. The van der Waals surface area contributed by atoms with Gasteiger partial charge in [0.2, 0.25) is 5.57 Å². The van der Waals surface area contributed by atoms with Crippen LogP contribution in [-0.2, 0) is 13.6 Å². The minimum Gasteiger partial charge on any atom is -0.304 e. The van der Waals surface area contributed by atoms with Gasteiger partial charge in [0.05, 0.1) is 13.2 Å². The van der Waals surface area contributed by atoms with Crippen LogP contribution < -0.4 is 0 Å². The SMILES string of the molecule is C/C=C(\F)P(=O)(OCC)OCC. The molecular formula is C7H14FO3P. The Morgan fingerprint density at radius 3 is 2.08 bits per heavy atom. The van der Waals surface area contributed by atoms with Crippen LogP contribution in [0.2, 0.25) is 0 Å². The van der Waals surface area contributed by atoms with Crippen molar-refractivity contribution in [3.63, 3.8) is 0 Å². The van der Waals surface area contributed by atoms with Gasteiger partial charge in [0.15, 0.2) is 0 Å². The lowest BCUT2D eigenvalue weighted by atomic mass is 10.8. The van der Waals surface area contributed by atoms with Crippen LogP contribution in [0.25, 0.3) is 0 Å². The Morgan fingerprint density at radius 2 is 1.83 bits per heavy atom. The van der Waals surface area contributed by atoms with Crippen LogP contribution in [0.3, 0.4) is 0 Å². The Kier molecular flexibility index (Phi) is 5.38. The first-order valence-electron chi connectivity index (χ1n) is 3.82. The maximum atomic E-state index is 12.9. The fraction of sp³-hybridized carbons (Fsp3) is 0.714. The standard InChI is InChI=1S/C7H14FO3P/c1-4-7(8)12(9,10-5-2)11-6-3/h4H,5-6H2,1-3H3/b7-4+. The van der Waals surface area contributed by atoms with Gasteiger partial charge in [0.25, 0.3) is 0 Å². The summed E-state index contributed by atoms with van der Waals surface area (Å²) in [5.74, 6) is 0. The predicted molar refractivity (Wildman–Crippen MR) is 45.7 cm³/mol. The summed E-state index contributed by atoms with van der Waals surface area (Å²) in [6.45, 7) is 5.04. The molecule has 0 aromatic heterocycles. The second-order valence-corrected chi connectivity index (χ2v) is 3.88. The Bertz CT molecular complexity index is 193. The summed E-state index contributed by atoms with van der Waals surface area (Å²) in [6.07, 6.45) is 1.09. The predicted octanol–water partition coefficient (Wildman–Crippen LogP) is 3.08. The van der Waals surface area contributed by atoms with Crippen molar-refractivity contribution >= 4 is 7.60 Å². The molecule has 0 N–H and O–H groups in total. The topological polar surface area (TPSA) is 35.5 Å². The minimum absolute atomic E-state index is 0.165. The summed E-state index contributed by atoms with van der Waals surface area (Å²) in [7, 11) is -3.62. The van der Waals surface area contributed by atoms with E-state index in [-0.39, 0.29) is 13.2 Å². The monoisotopic (exact) mass is 196 g/mol. The molecule has 5 heteroatoms. The Hall–Kier alpha value is -0.180. The minimum atomic E-state index is -3.62. The lowest BCUT2D eigenvalue weighted by molar-refractivity contribution is 0.220. The van der Waals surface area contributed by atoms with Crippen molar-refractivity contribution in [2.45, 2.75) is 20.8 Å². The molecule has 0 fully saturated rings. The first kappa shape index (κ1) is 11.8.